The lowest BCUT2D eigenvalue weighted by atomic mass is 10.2. The molecule has 0 atom stereocenters. The Kier molecular flexibility index (Phi) is 4.15. The number of benzene rings is 1. The SMILES string of the molecule is Cc1cc(=O)n(C)cc1NC(=O)C=Cc1ccccc1. The van der Waals surface area contributed by atoms with Gasteiger partial charge >= 0.3 is 0 Å². The van der Waals surface area contributed by atoms with Crippen LogP contribution in [0.4, 0.5) is 5.69 Å². The van der Waals surface area contributed by atoms with Gasteiger partial charge in [-0.15, -0.1) is 0 Å². The smallest absolute Gasteiger partial charge is 0.250 e. The number of hydrogen-bond acceptors (Lipinski definition) is 2. The maximum absolute atomic E-state index is 11.8. The lowest BCUT2D eigenvalue weighted by Gasteiger charge is -2.07. The third kappa shape index (κ3) is 3.45. The molecule has 1 heterocycles. The highest BCUT2D eigenvalue weighted by Gasteiger charge is 2.03. The second-order valence-electron chi connectivity index (χ2n) is 4.55. The van der Waals surface area contributed by atoms with E-state index in [0.29, 0.717) is 5.69 Å². The van der Waals surface area contributed by atoms with Gasteiger partial charge in [-0.1, -0.05) is 30.3 Å². The molecular formula is C16H16N2O2. The molecule has 0 saturated carbocycles. The van der Waals surface area contributed by atoms with Crippen molar-refractivity contribution in [2.45, 2.75) is 6.92 Å². The average Bonchev–Trinajstić information content (AvgIpc) is 2.44. The highest BCUT2D eigenvalue weighted by Crippen LogP contribution is 2.11. The number of carbonyl (C=O) groups is 1. The van der Waals surface area contributed by atoms with Crippen molar-refractivity contribution in [3.05, 3.63) is 70.2 Å². The number of rotatable bonds is 3. The van der Waals surface area contributed by atoms with Gasteiger partial charge in [0.05, 0.1) is 5.69 Å². The number of pyridine rings is 1. The number of nitrogens with one attached hydrogen (secondary N) is 1. The summed E-state index contributed by atoms with van der Waals surface area (Å²) in [6.45, 7) is 1.79. The molecule has 0 radical (unpaired) electrons. The Morgan fingerprint density at radius 1 is 1.25 bits per heavy atom. The summed E-state index contributed by atoms with van der Waals surface area (Å²) in [5.41, 5.74) is 2.24. The second kappa shape index (κ2) is 6.02. The van der Waals surface area contributed by atoms with Crippen LogP contribution in [0.3, 0.4) is 0 Å². The van der Waals surface area contributed by atoms with Gasteiger partial charge in [0.2, 0.25) is 5.91 Å². The quantitative estimate of drug-likeness (QED) is 0.869. The number of aryl methyl sites for hydroxylation is 2. The highest BCUT2D eigenvalue weighted by atomic mass is 16.1. The van der Waals surface area contributed by atoms with Crippen molar-refractivity contribution in [1.82, 2.24) is 4.57 Å². The van der Waals surface area contributed by atoms with Crippen LogP contribution in [0.5, 0.6) is 0 Å². The first-order valence-electron chi connectivity index (χ1n) is 6.27. The molecule has 1 aromatic carbocycles. The molecule has 0 bridgehead atoms. The van der Waals surface area contributed by atoms with Crippen molar-refractivity contribution < 1.29 is 4.79 Å². The minimum absolute atomic E-state index is 0.0969. The Bertz CT molecular complexity index is 700. The zero-order valence-corrected chi connectivity index (χ0v) is 11.5. The monoisotopic (exact) mass is 268 g/mol. The summed E-state index contributed by atoms with van der Waals surface area (Å²) < 4.78 is 1.43. The van der Waals surface area contributed by atoms with Crippen molar-refractivity contribution in [2.24, 2.45) is 7.05 Å². The van der Waals surface area contributed by atoms with Crippen LogP contribution in [-0.4, -0.2) is 10.5 Å². The largest absolute Gasteiger partial charge is 0.321 e. The van der Waals surface area contributed by atoms with Crippen LogP contribution in [0.1, 0.15) is 11.1 Å². The minimum Gasteiger partial charge on any atom is -0.321 e. The summed E-state index contributed by atoms with van der Waals surface area (Å²) in [6, 6.07) is 11.1. The van der Waals surface area contributed by atoms with E-state index in [0.717, 1.165) is 11.1 Å². The fourth-order valence-corrected chi connectivity index (χ4v) is 1.77. The topological polar surface area (TPSA) is 51.1 Å². The molecule has 1 N–H and O–H groups in total. The van der Waals surface area contributed by atoms with Crippen LogP contribution in [-0.2, 0) is 11.8 Å². The maximum atomic E-state index is 11.8. The van der Waals surface area contributed by atoms with E-state index in [1.54, 1.807) is 26.2 Å². The zero-order valence-electron chi connectivity index (χ0n) is 11.5. The summed E-state index contributed by atoms with van der Waals surface area (Å²) in [5.74, 6) is -0.226. The van der Waals surface area contributed by atoms with Crippen molar-refractivity contribution in [1.29, 1.82) is 0 Å². The average molecular weight is 268 g/mol. The first-order chi connectivity index (χ1) is 9.56. The Balaban J connectivity index is 2.11. The highest BCUT2D eigenvalue weighted by molar-refractivity contribution is 6.02. The van der Waals surface area contributed by atoms with Gasteiger partial charge in [-0.2, -0.15) is 0 Å². The molecule has 0 saturated heterocycles. The number of anilines is 1. The third-order valence-electron chi connectivity index (χ3n) is 2.92. The molecule has 0 fully saturated rings. The van der Waals surface area contributed by atoms with Crippen molar-refractivity contribution in [3.63, 3.8) is 0 Å². The van der Waals surface area contributed by atoms with Crippen molar-refractivity contribution >= 4 is 17.7 Å². The molecule has 0 aliphatic carbocycles. The Morgan fingerprint density at radius 3 is 2.65 bits per heavy atom. The molecule has 4 nitrogen and oxygen atoms in total. The van der Waals surface area contributed by atoms with Crippen LogP contribution < -0.4 is 10.9 Å². The van der Waals surface area contributed by atoms with Gasteiger partial charge in [0.25, 0.3) is 5.56 Å². The van der Waals surface area contributed by atoms with E-state index in [1.807, 2.05) is 30.3 Å². The zero-order chi connectivity index (χ0) is 14.5. The molecule has 2 aromatic rings. The van der Waals surface area contributed by atoms with Crippen molar-refractivity contribution in [2.75, 3.05) is 5.32 Å². The fraction of sp³-hybridized carbons (Fsp3) is 0.125. The molecule has 20 heavy (non-hydrogen) atoms. The molecule has 0 aliphatic rings. The van der Waals surface area contributed by atoms with E-state index < -0.39 is 0 Å². The predicted molar refractivity (Wildman–Crippen MR) is 80.5 cm³/mol. The number of hydrogen-bond donors (Lipinski definition) is 1. The molecule has 0 unspecified atom stereocenters. The normalized spacial score (nSPS) is 10.7. The molecule has 4 heteroatoms. The first-order valence-corrected chi connectivity index (χ1v) is 6.27. The summed E-state index contributed by atoms with van der Waals surface area (Å²) in [7, 11) is 1.65. The molecule has 102 valence electrons. The Hall–Kier alpha value is -2.62. The van der Waals surface area contributed by atoms with Gasteiger partial charge in [0, 0.05) is 25.4 Å². The number of carbonyl (C=O) groups excluding carboxylic acids is 1. The van der Waals surface area contributed by atoms with Crippen LogP contribution in [0, 0.1) is 6.92 Å². The first kappa shape index (κ1) is 13.8. The van der Waals surface area contributed by atoms with Crippen molar-refractivity contribution in [3.8, 4) is 0 Å². The minimum atomic E-state index is -0.226. The van der Waals surface area contributed by atoms with E-state index in [9.17, 15) is 9.59 Å². The van der Waals surface area contributed by atoms with Gasteiger partial charge in [-0.3, -0.25) is 9.59 Å². The molecule has 1 amide bonds. The van der Waals surface area contributed by atoms with Gasteiger partial charge in [0.15, 0.2) is 0 Å². The van der Waals surface area contributed by atoms with Gasteiger partial charge in [-0.25, -0.2) is 0 Å². The lowest BCUT2D eigenvalue weighted by Crippen LogP contribution is -2.18. The van der Waals surface area contributed by atoms with Gasteiger partial charge in [-0.05, 0) is 24.1 Å². The summed E-state index contributed by atoms with van der Waals surface area (Å²) in [4.78, 5) is 23.3. The Morgan fingerprint density at radius 2 is 1.95 bits per heavy atom. The van der Waals surface area contributed by atoms with E-state index >= 15 is 0 Å². The maximum Gasteiger partial charge on any atom is 0.250 e. The van der Waals surface area contributed by atoms with Crippen LogP contribution in [0.2, 0.25) is 0 Å². The van der Waals surface area contributed by atoms with Crippen LogP contribution in [0.25, 0.3) is 6.08 Å². The van der Waals surface area contributed by atoms with E-state index in [2.05, 4.69) is 5.32 Å². The number of aromatic nitrogens is 1. The van der Waals surface area contributed by atoms with Crippen LogP contribution in [0.15, 0.2) is 53.5 Å². The number of nitrogens with zero attached hydrogens (tertiary/aromatic N) is 1. The molecule has 0 aliphatic heterocycles. The van der Waals surface area contributed by atoms with E-state index in [1.165, 1.54) is 16.7 Å². The van der Waals surface area contributed by atoms with E-state index in [4.69, 9.17) is 0 Å². The van der Waals surface area contributed by atoms with Crippen LogP contribution >= 0.6 is 0 Å². The third-order valence-corrected chi connectivity index (χ3v) is 2.92. The molecule has 2 rings (SSSR count). The summed E-state index contributed by atoms with van der Waals surface area (Å²) in [6.07, 6.45) is 4.83. The fourth-order valence-electron chi connectivity index (χ4n) is 1.77. The predicted octanol–water partition coefficient (Wildman–Crippen LogP) is 2.35. The molecule has 0 spiro atoms. The standard InChI is InChI=1S/C16H16N2O2/c1-12-10-16(20)18(2)11-14(12)17-15(19)9-8-13-6-4-3-5-7-13/h3-11H,1-2H3,(H,17,19). The molecular weight excluding hydrogens is 252 g/mol. The van der Waals surface area contributed by atoms with Gasteiger partial charge < -0.3 is 9.88 Å². The molecule has 1 aromatic heterocycles. The second-order valence-corrected chi connectivity index (χ2v) is 4.55. The van der Waals surface area contributed by atoms with E-state index in [-0.39, 0.29) is 11.5 Å². The lowest BCUT2D eigenvalue weighted by molar-refractivity contribution is -0.111. The number of amides is 1. The summed E-state index contributed by atoms with van der Waals surface area (Å²) >= 11 is 0. The van der Waals surface area contributed by atoms with Gasteiger partial charge in [0.1, 0.15) is 0 Å². The Labute approximate surface area is 117 Å². The summed E-state index contributed by atoms with van der Waals surface area (Å²) in [5, 5.41) is 2.76.